The molecule has 0 atom stereocenters. The number of hydrogen-bond donors (Lipinski definition) is 0. The van der Waals surface area contributed by atoms with Gasteiger partial charge in [0.05, 0.1) is 6.20 Å². The minimum Gasteiger partial charge on any atom is -0.486 e. The van der Waals surface area contributed by atoms with Crippen molar-refractivity contribution in [1.82, 2.24) is 4.98 Å². The Morgan fingerprint density at radius 3 is 2.77 bits per heavy atom. The predicted octanol–water partition coefficient (Wildman–Crippen LogP) is 1.98. The van der Waals surface area contributed by atoms with E-state index in [4.69, 9.17) is 9.47 Å². The van der Waals surface area contributed by atoms with E-state index >= 15 is 0 Å². The Balaban J connectivity index is 2.46. The van der Waals surface area contributed by atoms with Crippen LogP contribution in [0.3, 0.4) is 0 Å². The van der Waals surface area contributed by atoms with Gasteiger partial charge in [0.15, 0.2) is 11.5 Å². The zero-order valence-corrected chi connectivity index (χ0v) is 7.91. The van der Waals surface area contributed by atoms with Crippen LogP contribution in [0.1, 0.15) is 25.3 Å². The molecule has 0 aromatic carbocycles. The molecule has 0 bridgehead atoms. The van der Waals surface area contributed by atoms with Crippen molar-refractivity contribution >= 4 is 0 Å². The van der Waals surface area contributed by atoms with Crippen molar-refractivity contribution < 1.29 is 9.47 Å². The second-order valence-electron chi connectivity index (χ2n) is 3.41. The van der Waals surface area contributed by atoms with E-state index in [1.165, 1.54) is 0 Å². The van der Waals surface area contributed by atoms with Crippen LogP contribution in [0.2, 0.25) is 0 Å². The van der Waals surface area contributed by atoms with Gasteiger partial charge in [0.2, 0.25) is 0 Å². The van der Waals surface area contributed by atoms with E-state index in [9.17, 15) is 0 Å². The number of pyridine rings is 1. The molecule has 2 rings (SSSR count). The van der Waals surface area contributed by atoms with Crippen molar-refractivity contribution in [2.24, 2.45) is 0 Å². The summed E-state index contributed by atoms with van der Waals surface area (Å²) in [7, 11) is 0. The number of fused-ring (bicyclic) bond motifs is 1. The lowest BCUT2D eigenvalue weighted by Gasteiger charge is -2.21. The SMILES string of the molecule is CC(C)c1cncc2c1OCCO2. The summed E-state index contributed by atoms with van der Waals surface area (Å²) in [5, 5.41) is 0. The van der Waals surface area contributed by atoms with E-state index < -0.39 is 0 Å². The van der Waals surface area contributed by atoms with Crippen molar-refractivity contribution in [3.8, 4) is 11.5 Å². The fourth-order valence-corrected chi connectivity index (χ4v) is 1.41. The Kier molecular flexibility index (Phi) is 2.08. The lowest BCUT2D eigenvalue weighted by Crippen LogP contribution is -2.17. The third-order valence-electron chi connectivity index (χ3n) is 2.10. The number of rotatable bonds is 1. The van der Waals surface area contributed by atoms with Crippen molar-refractivity contribution in [2.45, 2.75) is 19.8 Å². The molecule has 13 heavy (non-hydrogen) atoms. The highest BCUT2D eigenvalue weighted by Crippen LogP contribution is 2.36. The molecule has 1 aliphatic heterocycles. The van der Waals surface area contributed by atoms with Crippen LogP contribution in [-0.4, -0.2) is 18.2 Å². The van der Waals surface area contributed by atoms with Crippen molar-refractivity contribution in [2.75, 3.05) is 13.2 Å². The van der Waals surface area contributed by atoms with Crippen LogP contribution < -0.4 is 9.47 Å². The summed E-state index contributed by atoms with van der Waals surface area (Å²) in [5.74, 6) is 2.07. The van der Waals surface area contributed by atoms with Crippen molar-refractivity contribution in [3.63, 3.8) is 0 Å². The zero-order valence-electron chi connectivity index (χ0n) is 7.91. The number of nitrogens with zero attached hydrogens (tertiary/aromatic N) is 1. The van der Waals surface area contributed by atoms with Gasteiger partial charge in [-0.25, -0.2) is 0 Å². The maximum Gasteiger partial charge on any atom is 0.179 e. The summed E-state index contributed by atoms with van der Waals surface area (Å²) < 4.78 is 11.0. The Bertz CT molecular complexity index is 310. The summed E-state index contributed by atoms with van der Waals surface area (Å²) >= 11 is 0. The minimum atomic E-state index is 0.421. The molecule has 0 aliphatic carbocycles. The van der Waals surface area contributed by atoms with E-state index in [1.807, 2.05) is 6.20 Å². The maximum atomic E-state index is 5.55. The van der Waals surface area contributed by atoms with Gasteiger partial charge < -0.3 is 9.47 Å². The predicted molar refractivity (Wildman–Crippen MR) is 49.3 cm³/mol. The molecule has 3 nitrogen and oxygen atoms in total. The van der Waals surface area contributed by atoms with E-state index in [0.717, 1.165) is 17.1 Å². The molecule has 1 aromatic heterocycles. The summed E-state index contributed by atoms with van der Waals surface area (Å²) in [6.45, 7) is 5.50. The third-order valence-corrected chi connectivity index (χ3v) is 2.10. The van der Waals surface area contributed by atoms with Gasteiger partial charge in [0.25, 0.3) is 0 Å². The molecule has 70 valence electrons. The fraction of sp³-hybridized carbons (Fsp3) is 0.500. The lowest BCUT2D eigenvalue weighted by atomic mass is 10.0. The average molecular weight is 179 g/mol. The van der Waals surface area contributed by atoms with Gasteiger partial charge >= 0.3 is 0 Å². The second-order valence-corrected chi connectivity index (χ2v) is 3.41. The fourth-order valence-electron chi connectivity index (χ4n) is 1.41. The van der Waals surface area contributed by atoms with Gasteiger partial charge in [0, 0.05) is 11.8 Å². The molecular weight excluding hydrogens is 166 g/mol. The number of aromatic nitrogens is 1. The summed E-state index contributed by atoms with van der Waals surface area (Å²) in [5.41, 5.74) is 1.12. The molecule has 0 saturated carbocycles. The highest BCUT2D eigenvalue weighted by Gasteiger charge is 2.17. The van der Waals surface area contributed by atoms with Gasteiger partial charge in [-0.15, -0.1) is 0 Å². The molecule has 1 aliphatic rings. The molecule has 1 aromatic rings. The van der Waals surface area contributed by atoms with Crippen LogP contribution in [0.4, 0.5) is 0 Å². The molecule has 0 saturated heterocycles. The van der Waals surface area contributed by atoms with E-state index in [2.05, 4.69) is 18.8 Å². The minimum absolute atomic E-state index is 0.421. The first-order valence-electron chi connectivity index (χ1n) is 4.52. The lowest BCUT2D eigenvalue weighted by molar-refractivity contribution is 0.168. The van der Waals surface area contributed by atoms with E-state index in [-0.39, 0.29) is 0 Å². The maximum absolute atomic E-state index is 5.55. The molecule has 2 heterocycles. The quantitative estimate of drug-likeness (QED) is 0.660. The van der Waals surface area contributed by atoms with Crippen LogP contribution in [-0.2, 0) is 0 Å². The Labute approximate surface area is 77.7 Å². The van der Waals surface area contributed by atoms with Gasteiger partial charge in [-0.1, -0.05) is 13.8 Å². The first-order chi connectivity index (χ1) is 6.29. The first kappa shape index (κ1) is 8.35. The highest BCUT2D eigenvalue weighted by molar-refractivity contribution is 5.46. The zero-order chi connectivity index (χ0) is 9.26. The average Bonchev–Trinajstić information content (AvgIpc) is 2.17. The molecular formula is C10H13NO2. The largest absolute Gasteiger partial charge is 0.486 e. The molecule has 0 N–H and O–H groups in total. The Hall–Kier alpha value is -1.25. The van der Waals surface area contributed by atoms with Crippen LogP contribution in [0.25, 0.3) is 0 Å². The van der Waals surface area contributed by atoms with Crippen molar-refractivity contribution in [1.29, 1.82) is 0 Å². The van der Waals surface area contributed by atoms with Gasteiger partial charge in [-0.05, 0) is 5.92 Å². The Morgan fingerprint density at radius 2 is 2.00 bits per heavy atom. The monoisotopic (exact) mass is 179 g/mol. The Morgan fingerprint density at radius 1 is 1.23 bits per heavy atom. The van der Waals surface area contributed by atoms with E-state index in [1.54, 1.807) is 6.20 Å². The molecule has 0 radical (unpaired) electrons. The van der Waals surface area contributed by atoms with Crippen LogP contribution >= 0.6 is 0 Å². The van der Waals surface area contributed by atoms with Crippen LogP contribution in [0, 0.1) is 0 Å². The number of hydrogen-bond acceptors (Lipinski definition) is 3. The highest BCUT2D eigenvalue weighted by atomic mass is 16.6. The third kappa shape index (κ3) is 1.46. The van der Waals surface area contributed by atoms with Crippen molar-refractivity contribution in [3.05, 3.63) is 18.0 Å². The molecule has 0 fully saturated rings. The molecule has 3 heteroatoms. The summed E-state index contributed by atoms with van der Waals surface area (Å²) in [6, 6.07) is 0. The second kappa shape index (κ2) is 3.24. The van der Waals surface area contributed by atoms with Gasteiger partial charge in [0.1, 0.15) is 13.2 Å². The van der Waals surface area contributed by atoms with Gasteiger partial charge in [-0.3, -0.25) is 4.98 Å². The normalized spacial score (nSPS) is 14.7. The molecule has 0 amide bonds. The smallest absolute Gasteiger partial charge is 0.179 e. The summed E-state index contributed by atoms with van der Waals surface area (Å²) in [6.07, 6.45) is 3.55. The van der Waals surface area contributed by atoms with Gasteiger partial charge in [-0.2, -0.15) is 0 Å². The molecule has 0 spiro atoms. The van der Waals surface area contributed by atoms with E-state index in [0.29, 0.717) is 19.1 Å². The van der Waals surface area contributed by atoms with Crippen LogP contribution in [0.5, 0.6) is 11.5 Å². The standard InChI is InChI=1S/C10H13NO2/c1-7(2)8-5-11-6-9-10(8)13-4-3-12-9/h5-7H,3-4H2,1-2H3. The first-order valence-corrected chi connectivity index (χ1v) is 4.52. The number of ether oxygens (including phenoxy) is 2. The topological polar surface area (TPSA) is 31.4 Å². The molecule has 0 unspecified atom stereocenters. The van der Waals surface area contributed by atoms with Crippen LogP contribution in [0.15, 0.2) is 12.4 Å². The summed E-state index contributed by atoms with van der Waals surface area (Å²) in [4.78, 5) is 4.11.